The minimum absolute atomic E-state index is 0.326. The Labute approximate surface area is 108 Å². The van der Waals surface area contributed by atoms with Gasteiger partial charge in [0, 0.05) is 12.0 Å². The molecule has 2 aromatic rings. The van der Waals surface area contributed by atoms with Gasteiger partial charge in [-0.1, -0.05) is 12.1 Å². The van der Waals surface area contributed by atoms with Crippen LogP contribution in [-0.4, -0.2) is 25.8 Å². The number of rotatable bonds is 2. The molecule has 0 amide bonds. The van der Waals surface area contributed by atoms with E-state index in [1.165, 1.54) is 12.1 Å². The lowest BCUT2D eigenvalue weighted by Crippen LogP contribution is -2.27. The van der Waals surface area contributed by atoms with Gasteiger partial charge in [-0.05, 0) is 18.6 Å². The van der Waals surface area contributed by atoms with Crippen molar-refractivity contribution in [3.63, 3.8) is 0 Å². The van der Waals surface area contributed by atoms with Gasteiger partial charge in [-0.3, -0.25) is 4.79 Å². The smallest absolute Gasteiger partial charge is 0.308 e. The molecule has 2 heterocycles. The highest BCUT2D eigenvalue weighted by atomic mass is 19.1. The lowest BCUT2D eigenvalue weighted by atomic mass is 10.0. The van der Waals surface area contributed by atoms with Crippen molar-refractivity contribution < 1.29 is 14.3 Å². The average Bonchev–Trinajstić information content (AvgIpc) is 2.81. The Bertz CT molecular complexity index is 639. The summed E-state index contributed by atoms with van der Waals surface area (Å²) in [4.78, 5) is 15.3. The van der Waals surface area contributed by atoms with Gasteiger partial charge >= 0.3 is 5.97 Å². The van der Waals surface area contributed by atoms with E-state index in [9.17, 15) is 9.18 Å². The predicted molar refractivity (Wildman–Crippen MR) is 64.9 cm³/mol. The third-order valence-corrected chi connectivity index (χ3v) is 3.29. The molecule has 3 rings (SSSR count). The molecule has 98 valence electrons. The van der Waals surface area contributed by atoms with Gasteiger partial charge in [0.25, 0.3) is 0 Å². The third-order valence-electron chi connectivity index (χ3n) is 3.29. The van der Waals surface area contributed by atoms with Gasteiger partial charge in [0.2, 0.25) is 0 Å². The minimum Gasteiger partial charge on any atom is -0.481 e. The normalized spacial score (nSPS) is 18.1. The molecule has 1 aromatic carbocycles. The van der Waals surface area contributed by atoms with Crippen molar-refractivity contribution in [1.29, 1.82) is 0 Å². The average molecular weight is 261 g/mol. The molecular weight excluding hydrogens is 249 g/mol. The fourth-order valence-electron chi connectivity index (χ4n) is 2.26. The number of halogens is 1. The van der Waals surface area contributed by atoms with Gasteiger partial charge in [-0.2, -0.15) is 5.10 Å². The summed E-state index contributed by atoms with van der Waals surface area (Å²) >= 11 is 0. The van der Waals surface area contributed by atoms with E-state index < -0.39 is 11.9 Å². The molecule has 0 fully saturated rings. The van der Waals surface area contributed by atoms with E-state index >= 15 is 0 Å². The molecule has 0 bridgehead atoms. The third kappa shape index (κ3) is 2.21. The second kappa shape index (κ2) is 4.46. The van der Waals surface area contributed by atoms with Crippen LogP contribution < -0.4 is 0 Å². The maximum absolute atomic E-state index is 13.2. The van der Waals surface area contributed by atoms with Crippen LogP contribution in [0.1, 0.15) is 12.2 Å². The van der Waals surface area contributed by atoms with E-state index in [2.05, 4.69) is 10.1 Å². The molecule has 1 unspecified atom stereocenters. The second-order valence-electron chi connectivity index (χ2n) is 4.62. The summed E-state index contributed by atoms with van der Waals surface area (Å²) in [5, 5.41) is 13.3. The van der Waals surface area contributed by atoms with Gasteiger partial charge in [0.15, 0.2) is 5.82 Å². The summed E-state index contributed by atoms with van der Waals surface area (Å²) in [6.45, 7) is 0.326. The summed E-state index contributed by atoms with van der Waals surface area (Å²) in [7, 11) is 0. The van der Waals surface area contributed by atoms with Gasteiger partial charge in [-0.15, -0.1) is 0 Å². The van der Waals surface area contributed by atoms with Crippen molar-refractivity contribution in [2.75, 3.05) is 0 Å². The number of carbonyl (C=O) groups is 1. The number of hydrogen-bond acceptors (Lipinski definition) is 3. The number of aromatic nitrogens is 3. The molecule has 0 saturated heterocycles. The monoisotopic (exact) mass is 261 g/mol. The van der Waals surface area contributed by atoms with Crippen LogP contribution in [0.2, 0.25) is 0 Å². The second-order valence-corrected chi connectivity index (χ2v) is 4.62. The molecule has 1 aromatic heterocycles. The number of fused-ring (bicyclic) bond motifs is 1. The molecule has 1 atom stereocenters. The lowest BCUT2D eigenvalue weighted by molar-refractivity contribution is -0.142. The Kier molecular flexibility index (Phi) is 2.77. The summed E-state index contributed by atoms with van der Waals surface area (Å²) in [5.41, 5.74) is 0.605. The quantitative estimate of drug-likeness (QED) is 0.894. The Hall–Kier alpha value is -2.24. The van der Waals surface area contributed by atoms with Gasteiger partial charge in [-0.25, -0.2) is 14.1 Å². The first-order valence-corrected chi connectivity index (χ1v) is 6.06. The van der Waals surface area contributed by atoms with Gasteiger partial charge < -0.3 is 5.11 Å². The van der Waals surface area contributed by atoms with E-state index in [0.717, 1.165) is 5.82 Å². The van der Waals surface area contributed by atoms with Crippen molar-refractivity contribution in [1.82, 2.24) is 14.8 Å². The van der Waals surface area contributed by atoms with Crippen molar-refractivity contribution in [2.24, 2.45) is 5.92 Å². The van der Waals surface area contributed by atoms with E-state index in [-0.39, 0.29) is 5.82 Å². The van der Waals surface area contributed by atoms with Crippen LogP contribution in [0.3, 0.4) is 0 Å². The zero-order valence-corrected chi connectivity index (χ0v) is 10.1. The van der Waals surface area contributed by atoms with Crippen molar-refractivity contribution in [3.05, 3.63) is 35.9 Å². The SMILES string of the molecule is O=C(O)C1CCc2nc(-c3cccc(F)c3)nn2C1. The molecule has 0 saturated carbocycles. The minimum atomic E-state index is -0.812. The van der Waals surface area contributed by atoms with Crippen LogP contribution in [0.5, 0.6) is 0 Å². The van der Waals surface area contributed by atoms with Crippen molar-refractivity contribution >= 4 is 5.97 Å². The van der Waals surface area contributed by atoms with Gasteiger partial charge in [0.05, 0.1) is 12.5 Å². The first kappa shape index (κ1) is 11.8. The van der Waals surface area contributed by atoms with Crippen LogP contribution in [0.15, 0.2) is 24.3 Å². The van der Waals surface area contributed by atoms with Crippen LogP contribution >= 0.6 is 0 Å². The fraction of sp³-hybridized carbons (Fsp3) is 0.308. The lowest BCUT2D eigenvalue weighted by Gasteiger charge is -2.18. The maximum atomic E-state index is 13.2. The Morgan fingerprint density at radius 1 is 1.47 bits per heavy atom. The predicted octanol–water partition coefficient (Wildman–Crippen LogP) is 1.73. The summed E-state index contributed by atoms with van der Waals surface area (Å²) in [5.74, 6) is -0.367. The van der Waals surface area contributed by atoms with E-state index in [4.69, 9.17) is 5.11 Å². The number of hydrogen-bond donors (Lipinski definition) is 1. The zero-order chi connectivity index (χ0) is 13.4. The largest absolute Gasteiger partial charge is 0.481 e. The molecule has 0 radical (unpaired) electrons. The topological polar surface area (TPSA) is 68.0 Å². The number of carboxylic acids is 1. The van der Waals surface area contributed by atoms with E-state index in [1.807, 2.05) is 0 Å². The number of nitrogens with zero attached hydrogens (tertiary/aromatic N) is 3. The standard InChI is InChI=1S/C13H12FN3O2/c14-10-3-1-2-8(6-10)12-15-11-5-4-9(13(18)19)7-17(11)16-12/h1-3,6,9H,4-5,7H2,(H,18,19). The van der Waals surface area contributed by atoms with Crippen molar-refractivity contribution in [3.8, 4) is 11.4 Å². The molecule has 19 heavy (non-hydrogen) atoms. The van der Waals surface area contributed by atoms with E-state index in [0.29, 0.717) is 30.8 Å². The number of carboxylic acid groups (broad SMARTS) is 1. The van der Waals surface area contributed by atoms with Crippen molar-refractivity contribution in [2.45, 2.75) is 19.4 Å². The van der Waals surface area contributed by atoms with E-state index in [1.54, 1.807) is 16.8 Å². The Morgan fingerprint density at radius 2 is 2.32 bits per heavy atom. The number of aryl methyl sites for hydroxylation is 1. The number of benzene rings is 1. The molecule has 1 N–H and O–H groups in total. The summed E-state index contributed by atoms with van der Waals surface area (Å²) in [6.07, 6.45) is 1.15. The summed E-state index contributed by atoms with van der Waals surface area (Å²) in [6, 6.07) is 6.07. The first-order chi connectivity index (χ1) is 9.13. The van der Waals surface area contributed by atoms with Crippen LogP contribution in [-0.2, 0) is 17.8 Å². The highest BCUT2D eigenvalue weighted by Gasteiger charge is 2.26. The summed E-state index contributed by atoms with van der Waals surface area (Å²) < 4.78 is 14.8. The molecular formula is C13H12FN3O2. The maximum Gasteiger partial charge on any atom is 0.308 e. The first-order valence-electron chi connectivity index (χ1n) is 6.06. The highest BCUT2D eigenvalue weighted by molar-refractivity contribution is 5.70. The highest BCUT2D eigenvalue weighted by Crippen LogP contribution is 2.22. The van der Waals surface area contributed by atoms with Gasteiger partial charge in [0.1, 0.15) is 11.6 Å². The zero-order valence-electron chi connectivity index (χ0n) is 10.1. The fourth-order valence-corrected chi connectivity index (χ4v) is 2.26. The van der Waals surface area contributed by atoms with Crippen LogP contribution in [0, 0.1) is 11.7 Å². The Balaban J connectivity index is 1.93. The molecule has 5 nitrogen and oxygen atoms in total. The molecule has 0 spiro atoms. The van der Waals surface area contributed by atoms with Crippen LogP contribution in [0.25, 0.3) is 11.4 Å². The number of aliphatic carboxylic acids is 1. The molecule has 1 aliphatic heterocycles. The molecule has 6 heteroatoms. The molecule has 0 aliphatic carbocycles. The van der Waals surface area contributed by atoms with Crippen LogP contribution in [0.4, 0.5) is 4.39 Å². The Morgan fingerprint density at radius 3 is 3.05 bits per heavy atom. The molecule has 1 aliphatic rings.